The molecule has 0 saturated carbocycles. The van der Waals surface area contributed by atoms with Crippen molar-refractivity contribution in [1.82, 2.24) is 4.41 Å². The van der Waals surface area contributed by atoms with Gasteiger partial charge in [0.1, 0.15) is 0 Å². The van der Waals surface area contributed by atoms with Gasteiger partial charge in [-0.2, -0.15) is 0 Å². The second-order valence-electron chi connectivity index (χ2n) is 2.81. The van der Waals surface area contributed by atoms with Crippen LogP contribution in [-0.4, -0.2) is 49.5 Å². The van der Waals surface area contributed by atoms with Gasteiger partial charge in [0, 0.05) is 18.0 Å². The highest BCUT2D eigenvalue weighted by atomic mass is 32.2. The van der Waals surface area contributed by atoms with Crippen LogP contribution in [0.2, 0.25) is 0 Å². The summed E-state index contributed by atoms with van der Waals surface area (Å²) in [5, 5.41) is 3.69. The Balaban J connectivity index is 3.03. The van der Waals surface area contributed by atoms with Crippen molar-refractivity contribution in [3.63, 3.8) is 0 Å². The van der Waals surface area contributed by atoms with Crippen molar-refractivity contribution in [1.29, 1.82) is 0 Å². The van der Waals surface area contributed by atoms with Gasteiger partial charge in [0.15, 0.2) is 5.71 Å². The first kappa shape index (κ1) is 14.0. The van der Waals surface area contributed by atoms with Gasteiger partial charge < -0.3 is 14.2 Å². The Kier molecular flexibility index (Phi) is 4.72. The molecule has 0 bridgehead atoms. The number of carbonyl (C=O) groups is 3. The Bertz CT molecular complexity index is 444. The lowest BCUT2D eigenvalue weighted by atomic mass is 10.3. The maximum Gasteiger partial charge on any atom is 0.441 e. The molecule has 0 saturated heterocycles. The van der Waals surface area contributed by atoms with Gasteiger partial charge in [-0.1, -0.05) is 0 Å². The van der Waals surface area contributed by atoms with E-state index in [1.165, 1.54) is 7.11 Å². The molecule has 0 N–H and O–H groups in total. The van der Waals surface area contributed by atoms with Crippen LogP contribution in [0.4, 0.5) is 4.79 Å². The van der Waals surface area contributed by atoms with Crippen LogP contribution in [0.3, 0.4) is 0 Å². The van der Waals surface area contributed by atoms with Crippen molar-refractivity contribution in [2.75, 3.05) is 21.3 Å². The molecule has 1 aliphatic rings. The summed E-state index contributed by atoms with van der Waals surface area (Å²) < 4.78 is 14.2. The number of hydrogen-bond acceptors (Lipinski definition) is 8. The summed E-state index contributed by atoms with van der Waals surface area (Å²) in [6.07, 6.45) is 0.248. The summed E-state index contributed by atoms with van der Waals surface area (Å²) in [6.45, 7) is 0. The molecular weight excluding hydrogens is 264 g/mol. The van der Waals surface area contributed by atoms with Gasteiger partial charge in [-0.25, -0.2) is 14.4 Å². The summed E-state index contributed by atoms with van der Waals surface area (Å²) in [5.41, 5.74) is -0.168. The Morgan fingerprint density at radius 3 is 2.33 bits per heavy atom. The van der Waals surface area contributed by atoms with Crippen molar-refractivity contribution in [3.05, 3.63) is 11.0 Å². The molecule has 18 heavy (non-hydrogen) atoms. The van der Waals surface area contributed by atoms with E-state index in [0.717, 1.165) is 36.7 Å². The molecule has 98 valence electrons. The SMILES string of the molecule is COC(=O)/C=C1/SN(C(=O)OC)N=C1C(=O)OC. The minimum absolute atomic E-state index is 0.138. The molecule has 1 heterocycles. The van der Waals surface area contributed by atoms with Crippen molar-refractivity contribution in [3.8, 4) is 0 Å². The molecular formula is C9H10N2O6S. The number of ether oxygens (including phenoxy) is 3. The zero-order chi connectivity index (χ0) is 13.7. The maximum absolute atomic E-state index is 11.4. The number of methoxy groups -OCH3 is 3. The number of amides is 1. The summed E-state index contributed by atoms with van der Waals surface area (Å²) in [4.78, 5) is 33.9. The van der Waals surface area contributed by atoms with Crippen molar-refractivity contribution < 1.29 is 28.6 Å². The number of carbonyl (C=O) groups excluding carboxylic acids is 3. The third kappa shape index (κ3) is 3.00. The van der Waals surface area contributed by atoms with E-state index in [0.29, 0.717) is 0 Å². The smallest absolute Gasteiger partial charge is 0.441 e. The second-order valence-corrected chi connectivity index (χ2v) is 3.77. The van der Waals surface area contributed by atoms with E-state index in [1.54, 1.807) is 0 Å². The summed E-state index contributed by atoms with van der Waals surface area (Å²) in [7, 11) is 3.51. The summed E-state index contributed by atoms with van der Waals surface area (Å²) in [5.74, 6) is -1.45. The van der Waals surface area contributed by atoms with Crippen LogP contribution in [0.15, 0.2) is 16.1 Å². The van der Waals surface area contributed by atoms with Crippen LogP contribution in [0, 0.1) is 0 Å². The van der Waals surface area contributed by atoms with Crippen LogP contribution in [0.5, 0.6) is 0 Å². The Labute approximate surface area is 107 Å². The Hall–Kier alpha value is -2.03. The first-order valence-corrected chi connectivity index (χ1v) is 5.33. The largest absolute Gasteiger partial charge is 0.466 e. The van der Waals surface area contributed by atoms with Crippen LogP contribution in [-0.2, 0) is 23.8 Å². The van der Waals surface area contributed by atoms with Gasteiger partial charge in [0.05, 0.1) is 26.2 Å². The zero-order valence-electron chi connectivity index (χ0n) is 9.83. The molecule has 0 aliphatic carbocycles. The standard InChI is InChI=1S/C9H10N2O6S/c1-15-6(12)4-5-7(8(13)16-2)10-11(18-5)9(14)17-3/h4H,1-3H3/b5-4+. The number of hydrazone groups is 1. The molecule has 1 rings (SSSR count). The highest BCUT2D eigenvalue weighted by molar-refractivity contribution is 8.02. The predicted molar refractivity (Wildman–Crippen MR) is 61.4 cm³/mol. The van der Waals surface area contributed by atoms with E-state index in [1.807, 2.05) is 0 Å². The van der Waals surface area contributed by atoms with Gasteiger partial charge >= 0.3 is 18.0 Å². The fourth-order valence-electron chi connectivity index (χ4n) is 0.952. The van der Waals surface area contributed by atoms with Crippen LogP contribution in [0.25, 0.3) is 0 Å². The fourth-order valence-corrected chi connectivity index (χ4v) is 1.77. The third-order valence-corrected chi connectivity index (χ3v) is 2.68. The number of hydrogen-bond donors (Lipinski definition) is 0. The summed E-state index contributed by atoms with van der Waals surface area (Å²) in [6, 6.07) is 0. The normalized spacial score (nSPS) is 16.3. The van der Waals surface area contributed by atoms with Gasteiger partial charge in [-0.15, -0.1) is 9.52 Å². The minimum atomic E-state index is -0.783. The molecule has 0 fully saturated rings. The molecule has 0 aromatic heterocycles. The van der Waals surface area contributed by atoms with Gasteiger partial charge in [-0.05, 0) is 0 Å². The molecule has 0 aromatic rings. The zero-order valence-corrected chi connectivity index (χ0v) is 10.6. The van der Waals surface area contributed by atoms with Crippen LogP contribution >= 0.6 is 11.9 Å². The van der Waals surface area contributed by atoms with E-state index in [9.17, 15) is 14.4 Å². The van der Waals surface area contributed by atoms with Gasteiger partial charge in [0.2, 0.25) is 0 Å². The molecule has 0 radical (unpaired) electrons. The predicted octanol–water partition coefficient (Wildman–Crippen LogP) is 0.302. The molecule has 0 atom stereocenters. The molecule has 1 aliphatic heterocycles. The monoisotopic (exact) mass is 274 g/mol. The minimum Gasteiger partial charge on any atom is -0.466 e. The van der Waals surface area contributed by atoms with E-state index in [2.05, 4.69) is 19.3 Å². The van der Waals surface area contributed by atoms with E-state index in [-0.39, 0.29) is 10.6 Å². The first-order chi connectivity index (χ1) is 8.53. The summed E-state index contributed by atoms with van der Waals surface area (Å²) >= 11 is 0.753. The molecule has 0 aromatic carbocycles. The highest BCUT2D eigenvalue weighted by Crippen LogP contribution is 2.31. The van der Waals surface area contributed by atoms with E-state index in [4.69, 9.17) is 0 Å². The number of esters is 2. The molecule has 9 heteroatoms. The molecule has 1 amide bonds. The van der Waals surface area contributed by atoms with E-state index >= 15 is 0 Å². The van der Waals surface area contributed by atoms with Gasteiger partial charge in [0.25, 0.3) is 0 Å². The van der Waals surface area contributed by atoms with Crippen LogP contribution in [0.1, 0.15) is 0 Å². The average Bonchev–Trinajstić information content (AvgIpc) is 2.80. The number of rotatable bonds is 2. The lowest BCUT2D eigenvalue weighted by Crippen LogP contribution is -2.17. The first-order valence-electron chi connectivity index (χ1n) is 4.56. The lowest BCUT2D eigenvalue weighted by Gasteiger charge is -2.06. The molecule has 0 unspecified atom stereocenters. The van der Waals surface area contributed by atoms with Crippen molar-refractivity contribution in [2.24, 2.45) is 5.10 Å². The van der Waals surface area contributed by atoms with Gasteiger partial charge in [-0.3, -0.25) is 0 Å². The lowest BCUT2D eigenvalue weighted by molar-refractivity contribution is -0.134. The highest BCUT2D eigenvalue weighted by Gasteiger charge is 2.32. The Morgan fingerprint density at radius 2 is 1.83 bits per heavy atom. The van der Waals surface area contributed by atoms with Crippen molar-refractivity contribution >= 4 is 35.7 Å². The van der Waals surface area contributed by atoms with E-state index < -0.39 is 18.0 Å². The third-order valence-electron chi connectivity index (χ3n) is 1.77. The Morgan fingerprint density at radius 1 is 1.17 bits per heavy atom. The molecule has 0 spiro atoms. The number of nitrogens with zero attached hydrogens (tertiary/aromatic N) is 2. The van der Waals surface area contributed by atoms with Crippen LogP contribution < -0.4 is 0 Å². The maximum atomic E-state index is 11.4. The second kappa shape index (κ2) is 6.05. The molecule has 8 nitrogen and oxygen atoms in total. The fraction of sp³-hybridized carbons (Fsp3) is 0.333. The average molecular weight is 274 g/mol. The topological polar surface area (TPSA) is 94.5 Å². The quantitative estimate of drug-likeness (QED) is 0.309. The van der Waals surface area contributed by atoms with Crippen molar-refractivity contribution in [2.45, 2.75) is 0 Å².